The summed E-state index contributed by atoms with van der Waals surface area (Å²) >= 11 is 13.1. The number of carbonyl (C=O) groups is 1. The Balaban J connectivity index is 2.12. The third kappa shape index (κ3) is 3.43. The number of rotatable bonds is 3. The van der Waals surface area contributed by atoms with E-state index < -0.39 is 0 Å². The van der Waals surface area contributed by atoms with Crippen LogP contribution in [0, 0.1) is 6.92 Å². The van der Waals surface area contributed by atoms with E-state index in [1.54, 1.807) is 6.07 Å². The minimum atomic E-state index is -0.297. The Morgan fingerprint density at radius 1 is 1.37 bits per heavy atom. The van der Waals surface area contributed by atoms with Gasteiger partial charge in [0.1, 0.15) is 15.3 Å². The van der Waals surface area contributed by atoms with Crippen molar-refractivity contribution in [1.29, 1.82) is 0 Å². The predicted molar refractivity (Wildman–Crippen MR) is 77.0 cm³/mol. The first-order chi connectivity index (χ1) is 8.97. The van der Waals surface area contributed by atoms with Crippen LogP contribution in [-0.4, -0.2) is 15.9 Å². The van der Waals surface area contributed by atoms with E-state index in [1.165, 1.54) is 17.4 Å². The maximum Gasteiger partial charge on any atom is 0.254 e. The summed E-state index contributed by atoms with van der Waals surface area (Å²) in [4.78, 5) is 20.2. The Morgan fingerprint density at radius 3 is 2.68 bits per heavy atom. The third-order valence-electron chi connectivity index (χ3n) is 2.41. The summed E-state index contributed by atoms with van der Waals surface area (Å²) < 4.78 is 0. The quantitative estimate of drug-likeness (QED) is 0.880. The lowest BCUT2D eigenvalue weighted by molar-refractivity contribution is 0.0939. The smallest absolute Gasteiger partial charge is 0.254 e. The molecule has 0 bridgehead atoms. The van der Waals surface area contributed by atoms with Crippen LogP contribution in [0.1, 0.15) is 34.0 Å². The lowest BCUT2D eigenvalue weighted by Gasteiger charge is -2.11. The number of aromatic nitrogens is 2. The van der Waals surface area contributed by atoms with Gasteiger partial charge in [-0.2, -0.15) is 0 Å². The van der Waals surface area contributed by atoms with Gasteiger partial charge in [-0.3, -0.25) is 4.79 Å². The largest absolute Gasteiger partial charge is 0.343 e. The fourth-order valence-corrected chi connectivity index (χ4v) is 2.72. The van der Waals surface area contributed by atoms with E-state index >= 15 is 0 Å². The molecule has 1 amide bonds. The lowest BCUT2D eigenvalue weighted by Crippen LogP contribution is -2.27. The molecule has 0 spiro atoms. The number of nitrogens with zero attached hydrogens (tertiary/aromatic N) is 2. The molecule has 0 aromatic carbocycles. The van der Waals surface area contributed by atoms with Crippen molar-refractivity contribution in [2.24, 2.45) is 0 Å². The maximum absolute atomic E-state index is 12.1. The predicted octanol–water partition coefficient (Wildman–Crippen LogP) is 3.64. The molecule has 1 N–H and O–H groups in total. The second kappa shape index (κ2) is 5.86. The van der Waals surface area contributed by atoms with Gasteiger partial charge in [0.15, 0.2) is 0 Å². The van der Waals surface area contributed by atoms with Crippen molar-refractivity contribution in [1.82, 2.24) is 15.3 Å². The van der Waals surface area contributed by atoms with Gasteiger partial charge in [0.2, 0.25) is 0 Å². The first kappa shape index (κ1) is 14.2. The van der Waals surface area contributed by atoms with Crippen molar-refractivity contribution in [2.75, 3.05) is 0 Å². The van der Waals surface area contributed by atoms with E-state index in [-0.39, 0.29) is 22.3 Å². The topological polar surface area (TPSA) is 54.9 Å². The van der Waals surface area contributed by atoms with Gasteiger partial charge in [0.25, 0.3) is 5.91 Å². The van der Waals surface area contributed by atoms with Gasteiger partial charge in [-0.15, -0.1) is 11.3 Å². The average Bonchev–Trinajstić information content (AvgIpc) is 2.75. The number of aryl methyl sites for hydroxylation is 1. The summed E-state index contributed by atoms with van der Waals surface area (Å²) in [6, 6.07) is 2.89. The number of nitrogens with one attached hydrogen (secondary N) is 1. The van der Waals surface area contributed by atoms with E-state index in [2.05, 4.69) is 15.3 Å². The number of hydrogen-bond acceptors (Lipinski definition) is 4. The van der Waals surface area contributed by atoms with Crippen LogP contribution in [0.5, 0.6) is 0 Å². The summed E-state index contributed by atoms with van der Waals surface area (Å²) in [6.45, 7) is 3.78. The molecule has 0 fully saturated rings. The summed E-state index contributed by atoms with van der Waals surface area (Å²) in [5, 5.41) is 5.96. The van der Waals surface area contributed by atoms with Crippen LogP contribution >= 0.6 is 34.5 Å². The van der Waals surface area contributed by atoms with Gasteiger partial charge in [0.05, 0.1) is 11.6 Å². The molecule has 1 unspecified atom stereocenters. The molecule has 19 heavy (non-hydrogen) atoms. The number of halogens is 2. The third-order valence-corrected chi connectivity index (χ3v) is 4.06. The highest BCUT2D eigenvalue weighted by Gasteiger charge is 2.17. The normalized spacial score (nSPS) is 12.2. The van der Waals surface area contributed by atoms with Crippen LogP contribution in [0.25, 0.3) is 0 Å². The zero-order valence-corrected chi connectivity index (χ0v) is 12.6. The van der Waals surface area contributed by atoms with Gasteiger partial charge in [-0.05, 0) is 26.0 Å². The van der Waals surface area contributed by atoms with Crippen molar-refractivity contribution in [2.45, 2.75) is 19.9 Å². The van der Waals surface area contributed by atoms with E-state index in [4.69, 9.17) is 23.2 Å². The van der Waals surface area contributed by atoms with E-state index in [0.717, 1.165) is 10.7 Å². The molecule has 2 rings (SSSR count). The number of thiazole rings is 1. The zero-order valence-electron chi connectivity index (χ0n) is 10.3. The Bertz CT molecular complexity index is 615. The second-order valence-corrected chi connectivity index (χ2v) is 5.63. The molecule has 1 atom stereocenters. The average molecular weight is 316 g/mol. The highest BCUT2D eigenvalue weighted by molar-refractivity contribution is 7.09. The Kier molecular flexibility index (Phi) is 4.39. The van der Waals surface area contributed by atoms with Crippen molar-refractivity contribution < 1.29 is 4.79 Å². The number of carbonyl (C=O) groups excluding carboxylic acids is 1. The standard InChI is InChI=1S/C12H11Cl2N3OS/c1-6-5-19-12(15-6)7(2)16-11(18)8-3-4-9(13)17-10(8)14/h3-5,7H,1-2H3,(H,16,18). The van der Waals surface area contributed by atoms with Gasteiger partial charge >= 0.3 is 0 Å². The van der Waals surface area contributed by atoms with Crippen LogP contribution in [0.4, 0.5) is 0 Å². The van der Waals surface area contributed by atoms with Crippen molar-refractivity contribution >= 4 is 40.4 Å². The van der Waals surface area contributed by atoms with Gasteiger partial charge < -0.3 is 5.32 Å². The van der Waals surface area contributed by atoms with Crippen LogP contribution in [-0.2, 0) is 0 Å². The summed E-state index contributed by atoms with van der Waals surface area (Å²) in [5.74, 6) is -0.297. The van der Waals surface area contributed by atoms with Crippen LogP contribution in [0.3, 0.4) is 0 Å². The van der Waals surface area contributed by atoms with Gasteiger partial charge in [0, 0.05) is 11.1 Å². The number of pyridine rings is 1. The second-order valence-electron chi connectivity index (χ2n) is 3.99. The minimum Gasteiger partial charge on any atom is -0.343 e. The number of hydrogen-bond donors (Lipinski definition) is 1. The molecule has 0 radical (unpaired) electrons. The lowest BCUT2D eigenvalue weighted by atomic mass is 10.2. The molecule has 2 heterocycles. The van der Waals surface area contributed by atoms with Gasteiger partial charge in [-0.1, -0.05) is 23.2 Å². The molecular formula is C12H11Cl2N3OS. The van der Waals surface area contributed by atoms with Gasteiger partial charge in [-0.25, -0.2) is 9.97 Å². The molecule has 0 saturated carbocycles. The van der Waals surface area contributed by atoms with Crippen LogP contribution in [0.15, 0.2) is 17.5 Å². The minimum absolute atomic E-state index is 0.0903. The molecule has 7 heteroatoms. The maximum atomic E-state index is 12.1. The van der Waals surface area contributed by atoms with Crippen molar-refractivity contribution in [3.8, 4) is 0 Å². The van der Waals surface area contributed by atoms with Crippen molar-refractivity contribution in [3.63, 3.8) is 0 Å². The van der Waals surface area contributed by atoms with Crippen LogP contribution in [0.2, 0.25) is 10.3 Å². The summed E-state index contributed by atoms with van der Waals surface area (Å²) in [7, 11) is 0. The highest BCUT2D eigenvalue weighted by atomic mass is 35.5. The van der Waals surface area contributed by atoms with Crippen molar-refractivity contribution in [3.05, 3.63) is 44.1 Å². The fraction of sp³-hybridized carbons (Fsp3) is 0.250. The molecule has 4 nitrogen and oxygen atoms in total. The Hall–Kier alpha value is -1.17. The fourth-order valence-electron chi connectivity index (χ4n) is 1.49. The van der Waals surface area contributed by atoms with Crippen LogP contribution < -0.4 is 5.32 Å². The molecule has 2 aromatic heterocycles. The molecule has 2 aromatic rings. The first-order valence-electron chi connectivity index (χ1n) is 5.52. The molecule has 0 aliphatic heterocycles. The summed E-state index contributed by atoms with van der Waals surface area (Å²) in [6.07, 6.45) is 0. The Labute approximate surface area is 124 Å². The summed E-state index contributed by atoms with van der Waals surface area (Å²) in [5.41, 5.74) is 1.23. The van der Waals surface area contributed by atoms with E-state index in [1.807, 2.05) is 19.2 Å². The number of amides is 1. The first-order valence-corrected chi connectivity index (χ1v) is 7.16. The SMILES string of the molecule is Cc1csc(C(C)NC(=O)c2ccc(Cl)nc2Cl)n1. The Morgan fingerprint density at radius 2 is 2.11 bits per heavy atom. The van der Waals surface area contributed by atoms with E-state index in [0.29, 0.717) is 5.56 Å². The molecule has 0 aliphatic rings. The van der Waals surface area contributed by atoms with E-state index in [9.17, 15) is 4.79 Å². The molecule has 0 saturated heterocycles. The zero-order chi connectivity index (χ0) is 14.0. The monoisotopic (exact) mass is 315 g/mol. The molecular weight excluding hydrogens is 305 g/mol. The molecule has 100 valence electrons. The molecule has 0 aliphatic carbocycles. The highest BCUT2D eigenvalue weighted by Crippen LogP contribution is 2.20.